The summed E-state index contributed by atoms with van der Waals surface area (Å²) in [5.74, 6) is 0.0218. The van der Waals surface area contributed by atoms with Crippen LogP contribution in [0.15, 0.2) is 42.5 Å². The number of amides is 2. The number of hydrogen-bond donors (Lipinski definition) is 2. The summed E-state index contributed by atoms with van der Waals surface area (Å²) in [7, 11) is 2.76. The maximum Gasteiger partial charge on any atom is 0.341 e. The zero-order valence-corrected chi connectivity index (χ0v) is 18.8. The highest BCUT2D eigenvalue weighted by molar-refractivity contribution is 7.19. The maximum absolute atomic E-state index is 13.0. The van der Waals surface area contributed by atoms with Crippen LogP contribution in [0.25, 0.3) is 0 Å². The van der Waals surface area contributed by atoms with Crippen LogP contribution in [0.5, 0.6) is 17.2 Å². The van der Waals surface area contributed by atoms with Crippen LogP contribution < -0.4 is 24.8 Å². The lowest BCUT2D eigenvalue weighted by molar-refractivity contribution is 0.0601. The van der Waals surface area contributed by atoms with Gasteiger partial charge in [-0.15, -0.1) is 11.3 Å². The Morgan fingerprint density at radius 2 is 1.76 bits per heavy atom. The number of carbonyl (C=O) groups excluding carboxylic acids is 3. The number of hydrogen-bond acceptors (Lipinski definition) is 8. The summed E-state index contributed by atoms with van der Waals surface area (Å²) in [5.41, 5.74) is 1.35. The van der Waals surface area contributed by atoms with Gasteiger partial charge in [-0.25, -0.2) is 4.79 Å². The first-order chi connectivity index (χ1) is 15.9. The van der Waals surface area contributed by atoms with Crippen molar-refractivity contribution < 1.29 is 33.3 Å². The number of benzene rings is 2. The largest absolute Gasteiger partial charge is 0.497 e. The number of esters is 1. The van der Waals surface area contributed by atoms with Crippen LogP contribution in [0.4, 0.5) is 10.7 Å². The average Bonchev–Trinajstić information content (AvgIpc) is 3.42. The summed E-state index contributed by atoms with van der Waals surface area (Å²) in [6, 6.07) is 11.6. The highest BCUT2D eigenvalue weighted by Gasteiger charge is 2.27. The summed E-state index contributed by atoms with van der Waals surface area (Å²) in [6.45, 7) is 1.71. The van der Waals surface area contributed by atoms with Crippen LogP contribution >= 0.6 is 11.3 Å². The van der Waals surface area contributed by atoms with Crippen molar-refractivity contribution in [2.45, 2.75) is 6.92 Å². The SMILES string of the molecule is COC(=O)c1c(NC(=O)c2ccc3c(c2)OCO3)sc(C(=O)Nc2cccc(OC)c2)c1C. The molecule has 0 spiro atoms. The number of rotatable bonds is 6. The number of methoxy groups -OCH3 is 2. The number of thiophene rings is 1. The van der Waals surface area contributed by atoms with E-state index in [0.29, 0.717) is 34.1 Å². The van der Waals surface area contributed by atoms with Crippen molar-refractivity contribution in [1.82, 2.24) is 0 Å². The fourth-order valence-electron chi connectivity index (χ4n) is 3.27. The zero-order chi connectivity index (χ0) is 23.5. The van der Waals surface area contributed by atoms with Gasteiger partial charge in [-0.2, -0.15) is 0 Å². The molecule has 0 atom stereocenters. The van der Waals surface area contributed by atoms with E-state index in [1.54, 1.807) is 49.4 Å². The van der Waals surface area contributed by atoms with E-state index in [9.17, 15) is 14.4 Å². The van der Waals surface area contributed by atoms with E-state index >= 15 is 0 Å². The van der Waals surface area contributed by atoms with E-state index in [4.69, 9.17) is 18.9 Å². The summed E-state index contributed by atoms with van der Waals surface area (Å²) in [4.78, 5) is 38.5. The van der Waals surface area contributed by atoms with Crippen molar-refractivity contribution in [3.05, 3.63) is 64.0 Å². The lowest BCUT2D eigenvalue weighted by Gasteiger charge is -2.07. The van der Waals surface area contributed by atoms with E-state index in [1.165, 1.54) is 14.2 Å². The van der Waals surface area contributed by atoms with Crippen molar-refractivity contribution in [1.29, 1.82) is 0 Å². The molecule has 170 valence electrons. The third-order valence-electron chi connectivity index (χ3n) is 4.93. The molecule has 1 aromatic heterocycles. The fraction of sp³-hybridized carbons (Fsp3) is 0.174. The summed E-state index contributed by atoms with van der Waals surface area (Å²) in [5, 5.41) is 5.70. The second kappa shape index (κ2) is 9.21. The Hall–Kier alpha value is -4.05. The van der Waals surface area contributed by atoms with Crippen molar-refractivity contribution >= 4 is 39.8 Å². The van der Waals surface area contributed by atoms with E-state index in [1.807, 2.05) is 0 Å². The van der Waals surface area contributed by atoms with Crippen LogP contribution in [0.3, 0.4) is 0 Å². The molecule has 2 heterocycles. The number of nitrogens with one attached hydrogen (secondary N) is 2. The van der Waals surface area contributed by atoms with Gasteiger partial charge in [0.25, 0.3) is 11.8 Å². The third kappa shape index (κ3) is 4.46. The van der Waals surface area contributed by atoms with Crippen LogP contribution in [-0.4, -0.2) is 38.8 Å². The number of carbonyl (C=O) groups is 3. The first-order valence-corrected chi connectivity index (χ1v) is 10.6. The molecule has 3 aromatic rings. The lowest BCUT2D eigenvalue weighted by Crippen LogP contribution is -2.14. The minimum atomic E-state index is -0.662. The van der Waals surface area contributed by atoms with Gasteiger partial charge in [0.1, 0.15) is 10.8 Å². The molecule has 0 radical (unpaired) electrons. The average molecular weight is 468 g/mol. The van der Waals surface area contributed by atoms with Crippen LogP contribution in [0, 0.1) is 6.92 Å². The molecule has 0 bridgehead atoms. The minimum absolute atomic E-state index is 0.0861. The molecule has 0 aliphatic carbocycles. The van der Waals surface area contributed by atoms with Gasteiger partial charge in [-0.3, -0.25) is 9.59 Å². The van der Waals surface area contributed by atoms with E-state index in [0.717, 1.165) is 11.3 Å². The van der Waals surface area contributed by atoms with E-state index < -0.39 is 17.8 Å². The Morgan fingerprint density at radius 1 is 0.970 bits per heavy atom. The third-order valence-corrected chi connectivity index (χ3v) is 6.14. The predicted molar refractivity (Wildman–Crippen MR) is 122 cm³/mol. The molecule has 0 saturated heterocycles. The minimum Gasteiger partial charge on any atom is -0.497 e. The van der Waals surface area contributed by atoms with Crippen LogP contribution in [0.2, 0.25) is 0 Å². The van der Waals surface area contributed by atoms with Gasteiger partial charge >= 0.3 is 5.97 Å². The topological polar surface area (TPSA) is 112 Å². The quantitative estimate of drug-likeness (QED) is 0.524. The molecular weight excluding hydrogens is 448 g/mol. The van der Waals surface area contributed by atoms with Gasteiger partial charge in [0.15, 0.2) is 11.5 Å². The van der Waals surface area contributed by atoms with Crippen molar-refractivity contribution in [2.75, 3.05) is 31.6 Å². The van der Waals surface area contributed by atoms with E-state index in [-0.39, 0.29) is 22.2 Å². The van der Waals surface area contributed by atoms with Gasteiger partial charge in [0.05, 0.1) is 24.7 Å². The van der Waals surface area contributed by atoms with Crippen molar-refractivity contribution in [3.63, 3.8) is 0 Å². The Balaban J connectivity index is 1.62. The standard InChI is InChI=1S/C23H20N2O7S/c1-12-18(23(28)30-3)22(25-20(26)13-7-8-16-17(9-13)32-11-31-16)33-19(12)21(27)24-14-5-4-6-15(10-14)29-2/h4-10H,11H2,1-3H3,(H,24,27)(H,25,26). The molecule has 0 fully saturated rings. The van der Waals surface area contributed by atoms with E-state index in [2.05, 4.69) is 10.6 Å². The highest BCUT2D eigenvalue weighted by atomic mass is 32.1. The second-order valence-electron chi connectivity index (χ2n) is 6.96. The van der Waals surface area contributed by atoms with Crippen LogP contribution in [-0.2, 0) is 4.74 Å². The smallest absolute Gasteiger partial charge is 0.341 e. The molecule has 4 rings (SSSR count). The first kappa shape index (κ1) is 22.2. The summed E-state index contributed by atoms with van der Waals surface area (Å²) >= 11 is 0.984. The second-order valence-corrected chi connectivity index (χ2v) is 7.98. The molecule has 0 saturated carbocycles. The molecule has 0 unspecified atom stereocenters. The molecule has 10 heteroatoms. The monoisotopic (exact) mass is 468 g/mol. The number of anilines is 2. The van der Waals surface area contributed by atoms with Crippen molar-refractivity contribution in [2.24, 2.45) is 0 Å². The Kier molecular flexibility index (Phi) is 6.18. The summed E-state index contributed by atoms with van der Waals surface area (Å²) < 4.78 is 20.6. The Morgan fingerprint density at radius 3 is 2.52 bits per heavy atom. The Bertz CT molecular complexity index is 1250. The Labute approximate surface area is 193 Å². The predicted octanol–water partition coefficient (Wildman–Crippen LogP) is 4.09. The molecule has 33 heavy (non-hydrogen) atoms. The summed E-state index contributed by atoms with van der Waals surface area (Å²) in [6.07, 6.45) is 0. The molecule has 1 aliphatic rings. The van der Waals surface area contributed by atoms with Crippen LogP contribution in [0.1, 0.15) is 36.0 Å². The highest BCUT2D eigenvalue weighted by Crippen LogP contribution is 2.36. The molecular formula is C23H20N2O7S. The number of ether oxygens (including phenoxy) is 4. The number of fused-ring (bicyclic) bond motifs is 1. The van der Waals surface area contributed by atoms with Crippen molar-refractivity contribution in [3.8, 4) is 17.2 Å². The fourth-order valence-corrected chi connectivity index (χ4v) is 4.35. The maximum atomic E-state index is 13.0. The lowest BCUT2D eigenvalue weighted by atomic mass is 10.1. The van der Waals surface area contributed by atoms with Gasteiger partial charge < -0.3 is 29.6 Å². The first-order valence-electron chi connectivity index (χ1n) is 9.79. The molecule has 1 aliphatic heterocycles. The molecule has 2 N–H and O–H groups in total. The zero-order valence-electron chi connectivity index (χ0n) is 18.0. The molecule has 2 aromatic carbocycles. The van der Waals surface area contributed by atoms with Gasteiger partial charge in [-0.05, 0) is 42.8 Å². The molecule has 2 amide bonds. The molecule has 9 nitrogen and oxygen atoms in total. The van der Waals surface area contributed by atoms with Gasteiger partial charge in [0.2, 0.25) is 6.79 Å². The van der Waals surface area contributed by atoms with Gasteiger partial charge in [-0.1, -0.05) is 6.07 Å². The van der Waals surface area contributed by atoms with Gasteiger partial charge in [0, 0.05) is 17.3 Å². The normalized spacial score (nSPS) is 11.6.